The lowest BCUT2D eigenvalue weighted by Gasteiger charge is -2.00. The Morgan fingerprint density at radius 3 is 2.53 bits per heavy atom. The van der Waals surface area contributed by atoms with Gasteiger partial charge in [0.25, 0.3) is 5.97 Å². The molecule has 5 heteroatoms. The van der Waals surface area contributed by atoms with E-state index in [1.54, 1.807) is 13.2 Å². The highest BCUT2D eigenvalue weighted by molar-refractivity contribution is 5.79. The Hall–Kier alpha value is -2.30. The molecule has 0 unspecified atom stereocenters. The molecule has 1 heterocycles. The molecule has 0 radical (unpaired) electrons. The molecule has 2 rings (SSSR count). The number of hydrogen-bond donors (Lipinski definition) is 2. The van der Waals surface area contributed by atoms with Crippen LogP contribution in [-0.4, -0.2) is 23.2 Å². The summed E-state index contributed by atoms with van der Waals surface area (Å²) in [6.45, 7) is 1.08. The maximum atomic E-state index is 11.0. The Labute approximate surface area is 97.7 Å². The zero-order valence-corrected chi connectivity index (χ0v) is 9.56. The third-order valence-corrected chi connectivity index (χ3v) is 1.93. The van der Waals surface area contributed by atoms with Crippen LogP contribution in [0.25, 0.3) is 10.9 Å². The van der Waals surface area contributed by atoms with Crippen molar-refractivity contribution in [2.45, 2.75) is 6.92 Å². The number of nitrogens with one attached hydrogen (secondary N) is 1. The van der Waals surface area contributed by atoms with Gasteiger partial charge in [0.15, 0.2) is 0 Å². The SMILES string of the molecule is CC(=O)O.COc1ccc2[nH]c(=O)ccc2c1. The van der Waals surface area contributed by atoms with Gasteiger partial charge in [-0.1, -0.05) is 0 Å². The van der Waals surface area contributed by atoms with Crippen molar-refractivity contribution in [1.82, 2.24) is 4.98 Å². The number of hydrogen-bond acceptors (Lipinski definition) is 3. The second-order valence-electron chi connectivity index (χ2n) is 3.29. The third-order valence-electron chi connectivity index (χ3n) is 1.93. The highest BCUT2D eigenvalue weighted by atomic mass is 16.5. The highest BCUT2D eigenvalue weighted by Crippen LogP contribution is 2.17. The second kappa shape index (κ2) is 5.69. The summed E-state index contributed by atoms with van der Waals surface area (Å²) >= 11 is 0. The highest BCUT2D eigenvalue weighted by Gasteiger charge is 1.95. The summed E-state index contributed by atoms with van der Waals surface area (Å²) in [5, 5.41) is 8.39. The van der Waals surface area contributed by atoms with Gasteiger partial charge in [0.2, 0.25) is 5.56 Å². The number of methoxy groups -OCH3 is 1. The Morgan fingerprint density at radius 2 is 1.94 bits per heavy atom. The number of benzene rings is 1. The van der Waals surface area contributed by atoms with Crippen LogP contribution in [0.2, 0.25) is 0 Å². The Morgan fingerprint density at radius 1 is 1.29 bits per heavy atom. The number of carbonyl (C=O) groups is 1. The predicted molar refractivity (Wildman–Crippen MR) is 64.4 cm³/mol. The van der Waals surface area contributed by atoms with Crippen molar-refractivity contribution in [1.29, 1.82) is 0 Å². The maximum Gasteiger partial charge on any atom is 0.300 e. The number of aromatic amines is 1. The molecule has 1 aromatic heterocycles. The minimum atomic E-state index is -0.833. The van der Waals surface area contributed by atoms with E-state index in [0.717, 1.165) is 23.6 Å². The van der Waals surface area contributed by atoms with E-state index in [4.69, 9.17) is 14.6 Å². The molecular formula is C12H13NO4. The minimum absolute atomic E-state index is 0.0855. The second-order valence-corrected chi connectivity index (χ2v) is 3.29. The Kier molecular flexibility index (Phi) is 4.28. The number of carboxylic acid groups (broad SMARTS) is 1. The average Bonchev–Trinajstić information content (AvgIpc) is 2.27. The lowest BCUT2D eigenvalue weighted by molar-refractivity contribution is -0.134. The van der Waals surface area contributed by atoms with Gasteiger partial charge in [0.1, 0.15) is 5.75 Å². The first kappa shape index (κ1) is 12.8. The molecule has 0 amide bonds. The van der Waals surface area contributed by atoms with Crippen LogP contribution in [0.3, 0.4) is 0 Å². The van der Waals surface area contributed by atoms with E-state index in [1.165, 1.54) is 6.07 Å². The van der Waals surface area contributed by atoms with Gasteiger partial charge in [-0.2, -0.15) is 0 Å². The summed E-state index contributed by atoms with van der Waals surface area (Å²) < 4.78 is 5.06. The monoisotopic (exact) mass is 235 g/mol. The molecule has 0 atom stereocenters. The summed E-state index contributed by atoms with van der Waals surface area (Å²) in [5.41, 5.74) is 0.742. The van der Waals surface area contributed by atoms with Crippen LogP contribution in [0.15, 0.2) is 35.1 Å². The maximum absolute atomic E-state index is 11.0. The van der Waals surface area contributed by atoms with Crippen molar-refractivity contribution in [3.63, 3.8) is 0 Å². The smallest absolute Gasteiger partial charge is 0.300 e. The van der Waals surface area contributed by atoms with Crippen LogP contribution in [0.4, 0.5) is 0 Å². The largest absolute Gasteiger partial charge is 0.497 e. The average molecular weight is 235 g/mol. The fourth-order valence-electron chi connectivity index (χ4n) is 1.26. The Bertz CT molecular complexity index is 570. The molecule has 90 valence electrons. The number of fused-ring (bicyclic) bond motifs is 1. The first-order valence-corrected chi connectivity index (χ1v) is 4.89. The van der Waals surface area contributed by atoms with Crippen LogP contribution in [0.5, 0.6) is 5.75 Å². The number of pyridine rings is 1. The first-order chi connectivity index (χ1) is 8.02. The van der Waals surface area contributed by atoms with E-state index in [-0.39, 0.29) is 5.56 Å². The van der Waals surface area contributed by atoms with Crippen LogP contribution < -0.4 is 10.3 Å². The predicted octanol–water partition coefficient (Wildman–Crippen LogP) is 1.63. The molecule has 0 spiro atoms. The van der Waals surface area contributed by atoms with Crippen LogP contribution in [0.1, 0.15) is 6.92 Å². The summed E-state index contributed by atoms with van der Waals surface area (Å²) in [6.07, 6.45) is 0. The zero-order chi connectivity index (χ0) is 12.8. The quantitative estimate of drug-likeness (QED) is 0.787. The number of aromatic nitrogens is 1. The minimum Gasteiger partial charge on any atom is -0.497 e. The molecule has 0 aliphatic rings. The van der Waals surface area contributed by atoms with Crippen molar-refractivity contribution < 1.29 is 14.6 Å². The molecule has 0 bridgehead atoms. The standard InChI is InChI=1S/C10H9NO2.C2H4O2/c1-13-8-3-4-9-7(6-8)2-5-10(12)11-9;1-2(3)4/h2-6H,1H3,(H,11,12);1H3,(H,3,4). The molecule has 5 nitrogen and oxygen atoms in total. The first-order valence-electron chi connectivity index (χ1n) is 4.89. The fourth-order valence-corrected chi connectivity index (χ4v) is 1.26. The van der Waals surface area contributed by atoms with Gasteiger partial charge in [-0.05, 0) is 24.3 Å². The number of aliphatic carboxylic acids is 1. The van der Waals surface area contributed by atoms with Crippen LogP contribution in [-0.2, 0) is 4.79 Å². The van der Waals surface area contributed by atoms with E-state index in [1.807, 2.05) is 18.2 Å². The van der Waals surface area contributed by atoms with Gasteiger partial charge in [-0.3, -0.25) is 9.59 Å². The van der Waals surface area contributed by atoms with E-state index in [9.17, 15) is 4.79 Å². The van der Waals surface area contributed by atoms with E-state index in [0.29, 0.717) is 0 Å². The van der Waals surface area contributed by atoms with E-state index < -0.39 is 5.97 Å². The molecule has 1 aromatic carbocycles. The molecular weight excluding hydrogens is 222 g/mol. The summed E-state index contributed by atoms with van der Waals surface area (Å²) in [6, 6.07) is 8.80. The summed E-state index contributed by atoms with van der Waals surface area (Å²) in [7, 11) is 1.62. The zero-order valence-electron chi connectivity index (χ0n) is 9.56. The van der Waals surface area contributed by atoms with Crippen molar-refractivity contribution in [3.8, 4) is 5.75 Å². The molecule has 0 fully saturated rings. The van der Waals surface area contributed by atoms with Crippen molar-refractivity contribution in [2.75, 3.05) is 7.11 Å². The van der Waals surface area contributed by atoms with Crippen molar-refractivity contribution >= 4 is 16.9 Å². The normalized spacial score (nSPS) is 9.29. The summed E-state index contributed by atoms with van der Waals surface area (Å²) in [4.78, 5) is 22.7. The molecule has 0 saturated heterocycles. The summed E-state index contributed by atoms with van der Waals surface area (Å²) in [5.74, 6) is -0.0421. The molecule has 17 heavy (non-hydrogen) atoms. The molecule has 2 N–H and O–H groups in total. The molecule has 0 aliphatic heterocycles. The number of carboxylic acids is 1. The molecule has 0 saturated carbocycles. The lowest BCUT2D eigenvalue weighted by atomic mass is 10.2. The molecule has 2 aromatic rings. The van der Waals surface area contributed by atoms with Gasteiger partial charge >= 0.3 is 0 Å². The number of ether oxygens (including phenoxy) is 1. The van der Waals surface area contributed by atoms with Crippen LogP contribution in [0, 0.1) is 0 Å². The molecule has 0 aliphatic carbocycles. The van der Waals surface area contributed by atoms with Crippen molar-refractivity contribution in [2.24, 2.45) is 0 Å². The van der Waals surface area contributed by atoms with E-state index in [2.05, 4.69) is 4.98 Å². The fraction of sp³-hybridized carbons (Fsp3) is 0.167. The van der Waals surface area contributed by atoms with Gasteiger partial charge in [0, 0.05) is 23.9 Å². The lowest BCUT2D eigenvalue weighted by Crippen LogP contribution is -2.01. The van der Waals surface area contributed by atoms with Gasteiger partial charge in [-0.15, -0.1) is 0 Å². The number of rotatable bonds is 1. The van der Waals surface area contributed by atoms with Crippen LogP contribution >= 0.6 is 0 Å². The topological polar surface area (TPSA) is 79.4 Å². The third kappa shape index (κ3) is 3.98. The Balaban J connectivity index is 0.000000317. The van der Waals surface area contributed by atoms with Gasteiger partial charge in [0.05, 0.1) is 7.11 Å². The van der Waals surface area contributed by atoms with Gasteiger partial charge in [-0.25, -0.2) is 0 Å². The number of H-pyrrole nitrogens is 1. The van der Waals surface area contributed by atoms with Gasteiger partial charge < -0.3 is 14.8 Å². The van der Waals surface area contributed by atoms with E-state index >= 15 is 0 Å². The van der Waals surface area contributed by atoms with Crippen molar-refractivity contribution in [3.05, 3.63) is 40.7 Å².